The molecule has 0 saturated carbocycles. The minimum atomic E-state index is -0.359. The molecule has 0 aliphatic heterocycles. The molecule has 0 amide bonds. The van der Waals surface area contributed by atoms with Crippen LogP contribution in [0.1, 0.15) is 0 Å². The predicted octanol–water partition coefficient (Wildman–Crippen LogP) is 2.01. The minimum absolute atomic E-state index is 0.334. The first-order chi connectivity index (χ1) is 11.5. The molecular formula is C17H18ClN3O3. The van der Waals surface area contributed by atoms with E-state index in [1.807, 2.05) is 22.8 Å². The van der Waals surface area contributed by atoms with E-state index in [9.17, 15) is 9.59 Å². The number of halogens is 1. The highest BCUT2D eigenvalue weighted by Crippen LogP contribution is 2.32. The molecule has 0 N–H and O–H groups in total. The van der Waals surface area contributed by atoms with Crippen molar-refractivity contribution in [3.63, 3.8) is 0 Å². The van der Waals surface area contributed by atoms with Gasteiger partial charge in [-0.2, -0.15) is 0 Å². The highest BCUT2D eigenvalue weighted by molar-refractivity contribution is 6.33. The van der Waals surface area contributed by atoms with Crippen molar-refractivity contribution in [1.29, 1.82) is 0 Å². The Bertz CT molecular complexity index is 1030. The van der Waals surface area contributed by atoms with Crippen LogP contribution in [0.3, 0.4) is 0 Å². The topological polar surface area (TPSA) is 58.2 Å². The van der Waals surface area contributed by atoms with Gasteiger partial charge in [0, 0.05) is 44.5 Å². The number of aromatic nitrogens is 3. The zero-order valence-electron chi connectivity index (χ0n) is 13.7. The Hall–Kier alpha value is -2.31. The maximum Gasteiger partial charge on any atom is 0.330 e. The molecule has 1 aromatic carbocycles. The Labute approximate surface area is 143 Å². The lowest BCUT2D eigenvalue weighted by atomic mass is 10.1. The molecule has 3 aromatic rings. The Morgan fingerprint density at radius 3 is 2.50 bits per heavy atom. The molecule has 0 bridgehead atoms. The third-order valence-corrected chi connectivity index (χ3v) is 4.51. The number of aryl methyl sites for hydroxylation is 1. The maximum atomic E-state index is 12.8. The molecule has 126 valence electrons. The maximum absolute atomic E-state index is 12.8. The molecule has 7 heteroatoms. The summed E-state index contributed by atoms with van der Waals surface area (Å²) in [5.41, 5.74) is 1.33. The lowest BCUT2D eigenvalue weighted by Crippen LogP contribution is -2.36. The van der Waals surface area contributed by atoms with Crippen molar-refractivity contribution in [2.75, 3.05) is 13.7 Å². The molecule has 0 spiro atoms. The van der Waals surface area contributed by atoms with Gasteiger partial charge in [0.15, 0.2) is 0 Å². The molecule has 0 unspecified atom stereocenters. The van der Waals surface area contributed by atoms with Crippen LogP contribution in [0.15, 0.2) is 40.1 Å². The summed E-state index contributed by atoms with van der Waals surface area (Å²) in [7, 11) is 4.75. The summed E-state index contributed by atoms with van der Waals surface area (Å²) < 4.78 is 9.67. The lowest BCUT2D eigenvalue weighted by molar-refractivity contribution is 0.188. The van der Waals surface area contributed by atoms with Crippen molar-refractivity contribution in [2.45, 2.75) is 6.54 Å². The fraction of sp³-hybridized carbons (Fsp3) is 0.294. The van der Waals surface area contributed by atoms with E-state index in [1.54, 1.807) is 26.4 Å². The Balaban J connectivity index is 2.47. The number of hydrogen-bond acceptors (Lipinski definition) is 3. The van der Waals surface area contributed by atoms with Crippen molar-refractivity contribution in [3.8, 4) is 11.3 Å². The molecule has 0 aliphatic rings. The average Bonchev–Trinajstić information content (AvgIpc) is 2.96. The zero-order chi connectivity index (χ0) is 17.4. The Morgan fingerprint density at radius 1 is 1.12 bits per heavy atom. The van der Waals surface area contributed by atoms with Gasteiger partial charge < -0.3 is 9.30 Å². The standard InChI is InChI=1S/C17H18ClN3O3/c1-19-13-10-21(8-9-24-3)15(11-6-4-5-7-12(11)18)14(13)16(22)20(2)17(19)23/h4-7,10H,8-9H2,1-3H3. The SMILES string of the molecule is COCCn1cc2c(c1-c1ccccc1Cl)c(=O)n(C)c(=O)n2C. The van der Waals surface area contributed by atoms with Crippen molar-refractivity contribution in [1.82, 2.24) is 13.7 Å². The molecule has 0 atom stereocenters. The molecule has 0 fully saturated rings. The van der Waals surface area contributed by atoms with Gasteiger partial charge in [-0.1, -0.05) is 29.8 Å². The van der Waals surface area contributed by atoms with E-state index < -0.39 is 0 Å². The summed E-state index contributed by atoms with van der Waals surface area (Å²) in [6.45, 7) is 1.02. The second kappa shape index (κ2) is 6.30. The molecule has 2 aromatic heterocycles. The highest BCUT2D eigenvalue weighted by Gasteiger charge is 2.20. The van der Waals surface area contributed by atoms with Gasteiger partial charge in [0.25, 0.3) is 5.56 Å². The number of nitrogens with zero attached hydrogens (tertiary/aromatic N) is 3. The third kappa shape index (κ3) is 2.48. The zero-order valence-corrected chi connectivity index (χ0v) is 14.5. The van der Waals surface area contributed by atoms with Gasteiger partial charge in [0.05, 0.1) is 23.2 Å². The quantitative estimate of drug-likeness (QED) is 0.725. The van der Waals surface area contributed by atoms with E-state index >= 15 is 0 Å². The second-order valence-corrected chi connectivity index (χ2v) is 6.02. The number of fused-ring (bicyclic) bond motifs is 1. The molecule has 0 aliphatic carbocycles. The van der Waals surface area contributed by atoms with E-state index in [0.29, 0.717) is 34.8 Å². The summed E-state index contributed by atoms with van der Waals surface area (Å²) in [6.07, 6.45) is 1.80. The van der Waals surface area contributed by atoms with Crippen molar-refractivity contribution in [3.05, 3.63) is 56.3 Å². The van der Waals surface area contributed by atoms with Gasteiger partial charge in [-0.25, -0.2) is 4.79 Å². The third-order valence-electron chi connectivity index (χ3n) is 4.18. The van der Waals surface area contributed by atoms with Gasteiger partial charge in [0.2, 0.25) is 0 Å². The van der Waals surface area contributed by atoms with Gasteiger partial charge in [-0.15, -0.1) is 0 Å². The highest BCUT2D eigenvalue weighted by atomic mass is 35.5. The molecule has 3 rings (SSSR count). The number of methoxy groups -OCH3 is 1. The minimum Gasteiger partial charge on any atom is -0.383 e. The largest absolute Gasteiger partial charge is 0.383 e. The summed E-state index contributed by atoms with van der Waals surface area (Å²) in [4.78, 5) is 25.0. The summed E-state index contributed by atoms with van der Waals surface area (Å²) in [5, 5.41) is 1.02. The van der Waals surface area contributed by atoms with Gasteiger partial charge in [-0.05, 0) is 6.07 Å². The van der Waals surface area contributed by atoms with Crippen LogP contribution >= 0.6 is 11.6 Å². The molecular weight excluding hydrogens is 330 g/mol. The van der Waals surface area contributed by atoms with Crippen LogP contribution in [0.4, 0.5) is 0 Å². The van der Waals surface area contributed by atoms with E-state index in [-0.39, 0.29) is 11.2 Å². The van der Waals surface area contributed by atoms with Crippen LogP contribution in [0.25, 0.3) is 22.2 Å². The Morgan fingerprint density at radius 2 is 1.83 bits per heavy atom. The number of hydrogen-bond donors (Lipinski definition) is 0. The normalized spacial score (nSPS) is 11.3. The molecule has 6 nitrogen and oxygen atoms in total. The van der Waals surface area contributed by atoms with Crippen LogP contribution in [0.2, 0.25) is 5.02 Å². The van der Waals surface area contributed by atoms with Crippen LogP contribution < -0.4 is 11.2 Å². The molecule has 0 radical (unpaired) electrons. The van der Waals surface area contributed by atoms with Crippen LogP contribution in [0.5, 0.6) is 0 Å². The van der Waals surface area contributed by atoms with Gasteiger partial charge in [0.1, 0.15) is 0 Å². The van der Waals surface area contributed by atoms with Gasteiger partial charge in [-0.3, -0.25) is 13.9 Å². The van der Waals surface area contributed by atoms with Crippen molar-refractivity contribution < 1.29 is 4.74 Å². The first-order valence-electron chi connectivity index (χ1n) is 7.50. The first-order valence-corrected chi connectivity index (χ1v) is 7.88. The molecule has 0 saturated heterocycles. The van der Waals surface area contributed by atoms with Crippen molar-refractivity contribution in [2.24, 2.45) is 14.1 Å². The van der Waals surface area contributed by atoms with E-state index in [4.69, 9.17) is 16.3 Å². The van der Waals surface area contributed by atoms with Crippen molar-refractivity contribution >= 4 is 22.5 Å². The van der Waals surface area contributed by atoms with Crippen LogP contribution in [0, 0.1) is 0 Å². The fourth-order valence-corrected chi connectivity index (χ4v) is 3.12. The van der Waals surface area contributed by atoms with E-state index in [1.165, 1.54) is 11.6 Å². The van der Waals surface area contributed by atoms with E-state index in [2.05, 4.69) is 0 Å². The first kappa shape index (κ1) is 16.5. The van der Waals surface area contributed by atoms with Crippen LogP contribution in [-0.4, -0.2) is 27.4 Å². The second-order valence-electron chi connectivity index (χ2n) is 5.61. The summed E-state index contributed by atoms with van der Waals surface area (Å²) in [5.74, 6) is 0. The number of benzene rings is 1. The number of ether oxygens (including phenoxy) is 1. The van der Waals surface area contributed by atoms with Crippen LogP contribution in [-0.2, 0) is 25.4 Å². The predicted molar refractivity (Wildman–Crippen MR) is 94.7 cm³/mol. The molecule has 24 heavy (non-hydrogen) atoms. The summed E-state index contributed by atoms with van der Waals surface area (Å²) >= 11 is 6.36. The Kier molecular flexibility index (Phi) is 4.34. The fourth-order valence-electron chi connectivity index (χ4n) is 2.90. The molecule has 2 heterocycles. The lowest BCUT2D eigenvalue weighted by Gasteiger charge is -2.11. The van der Waals surface area contributed by atoms with E-state index in [0.717, 1.165) is 10.1 Å². The number of rotatable bonds is 4. The summed E-state index contributed by atoms with van der Waals surface area (Å²) in [6, 6.07) is 7.35. The smallest absolute Gasteiger partial charge is 0.330 e. The monoisotopic (exact) mass is 347 g/mol. The average molecular weight is 348 g/mol. The van der Waals surface area contributed by atoms with Gasteiger partial charge >= 0.3 is 5.69 Å².